The third-order valence-electron chi connectivity index (χ3n) is 6.38. The molecule has 0 spiro atoms. The molecule has 35 heavy (non-hydrogen) atoms. The van der Waals surface area contributed by atoms with Gasteiger partial charge in [-0.2, -0.15) is 0 Å². The number of hydrogen-bond donors (Lipinski definition) is 1. The van der Waals surface area contributed by atoms with Gasteiger partial charge in [-0.05, 0) is 31.0 Å². The van der Waals surface area contributed by atoms with E-state index < -0.39 is 0 Å². The Kier molecular flexibility index (Phi) is 9.35. The summed E-state index contributed by atoms with van der Waals surface area (Å²) >= 11 is 0. The third kappa shape index (κ3) is 7.41. The number of morpholine rings is 1. The maximum Gasteiger partial charge on any atom is 0.273 e. The van der Waals surface area contributed by atoms with Crippen molar-refractivity contribution in [2.75, 3.05) is 66.8 Å². The van der Waals surface area contributed by atoms with E-state index in [0.29, 0.717) is 25.5 Å². The molecule has 4 rings (SSSR count). The second-order valence-electron chi connectivity index (χ2n) is 8.81. The molecule has 2 aromatic rings. The van der Waals surface area contributed by atoms with Gasteiger partial charge in [-0.15, -0.1) is 0 Å². The van der Waals surface area contributed by atoms with Gasteiger partial charge in [0, 0.05) is 51.4 Å². The summed E-state index contributed by atoms with van der Waals surface area (Å²) < 4.78 is 27.7. The van der Waals surface area contributed by atoms with Crippen LogP contribution in [0.25, 0.3) is 0 Å². The van der Waals surface area contributed by atoms with Gasteiger partial charge < -0.3 is 28.7 Å². The third-order valence-corrected chi connectivity index (χ3v) is 6.38. The molecule has 1 N–H and O–H groups in total. The van der Waals surface area contributed by atoms with E-state index in [9.17, 15) is 4.79 Å². The van der Waals surface area contributed by atoms with Crippen molar-refractivity contribution in [2.45, 2.75) is 32.0 Å². The number of methoxy groups -OCH3 is 2. The molecule has 0 radical (unpaired) electrons. The highest BCUT2D eigenvalue weighted by molar-refractivity contribution is 5.91. The Labute approximate surface area is 206 Å². The first-order valence-electron chi connectivity index (χ1n) is 12.2. The number of nitrogens with zero attached hydrogens (tertiary/aromatic N) is 3. The van der Waals surface area contributed by atoms with Crippen LogP contribution >= 0.6 is 0 Å². The Morgan fingerprint density at radius 2 is 2.06 bits per heavy atom. The summed E-state index contributed by atoms with van der Waals surface area (Å²) in [6, 6.07) is 5.78. The maximum absolute atomic E-state index is 12.5. The molecule has 10 heteroatoms. The molecule has 10 nitrogen and oxygen atoms in total. The lowest BCUT2D eigenvalue weighted by Gasteiger charge is -2.30. The lowest BCUT2D eigenvalue weighted by Crippen LogP contribution is -2.41. The highest BCUT2D eigenvalue weighted by Gasteiger charge is 2.20. The largest absolute Gasteiger partial charge is 0.497 e. The van der Waals surface area contributed by atoms with Crippen LogP contribution in [-0.2, 0) is 22.6 Å². The fourth-order valence-corrected chi connectivity index (χ4v) is 4.35. The van der Waals surface area contributed by atoms with Gasteiger partial charge >= 0.3 is 0 Å². The maximum atomic E-state index is 12.5. The molecule has 0 saturated carbocycles. The normalized spacial score (nSPS) is 18.7. The van der Waals surface area contributed by atoms with Crippen molar-refractivity contribution in [1.29, 1.82) is 0 Å². The molecule has 0 bridgehead atoms. The molecule has 1 amide bonds. The second kappa shape index (κ2) is 12.9. The van der Waals surface area contributed by atoms with Gasteiger partial charge in [0.2, 0.25) is 5.89 Å². The summed E-state index contributed by atoms with van der Waals surface area (Å²) in [6.07, 6.45) is 3.51. The lowest BCUT2D eigenvalue weighted by molar-refractivity contribution is 0.0320. The van der Waals surface area contributed by atoms with Crippen LogP contribution < -0.4 is 14.8 Å². The van der Waals surface area contributed by atoms with Crippen LogP contribution in [0.4, 0.5) is 0 Å². The summed E-state index contributed by atoms with van der Waals surface area (Å²) in [5.74, 6) is 1.82. The molecule has 3 heterocycles. The quantitative estimate of drug-likeness (QED) is 0.481. The van der Waals surface area contributed by atoms with E-state index in [1.807, 2.05) is 18.2 Å². The van der Waals surface area contributed by atoms with Gasteiger partial charge in [0.25, 0.3) is 5.91 Å². The minimum atomic E-state index is -0.246. The van der Waals surface area contributed by atoms with Crippen LogP contribution in [-0.4, -0.2) is 93.6 Å². The van der Waals surface area contributed by atoms with Crippen LogP contribution in [0.2, 0.25) is 0 Å². The fourth-order valence-electron chi connectivity index (χ4n) is 4.35. The number of rotatable bonds is 12. The molecule has 1 unspecified atom stereocenters. The molecule has 1 aromatic carbocycles. The first-order valence-corrected chi connectivity index (χ1v) is 12.2. The van der Waals surface area contributed by atoms with Gasteiger partial charge in [-0.25, -0.2) is 4.98 Å². The van der Waals surface area contributed by atoms with Crippen LogP contribution in [0, 0.1) is 0 Å². The standard InChI is InChI=1S/C25H36N4O6/c1-31-20-5-6-23(32-2)19(14-20)16-29(8-7-28-9-12-33-13-10-28)17-24-27-22(18-35-24)25(30)26-15-21-4-3-11-34-21/h5-6,14,18,21H,3-4,7-13,15-17H2,1-2H3,(H,26,30). The van der Waals surface area contributed by atoms with Crippen molar-refractivity contribution in [3.63, 3.8) is 0 Å². The number of hydrogen-bond acceptors (Lipinski definition) is 9. The smallest absolute Gasteiger partial charge is 0.273 e. The van der Waals surface area contributed by atoms with E-state index in [4.69, 9.17) is 23.4 Å². The molecule has 2 saturated heterocycles. The number of benzene rings is 1. The predicted octanol–water partition coefficient (Wildman–Crippen LogP) is 1.94. The summed E-state index contributed by atoms with van der Waals surface area (Å²) in [6.45, 7) is 7.37. The zero-order valence-electron chi connectivity index (χ0n) is 20.7. The highest BCUT2D eigenvalue weighted by atomic mass is 16.5. The van der Waals surface area contributed by atoms with Crippen molar-refractivity contribution in [3.8, 4) is 11.5 Å². The number of ether oxygens (including phenoxy) is 4. The van der Waals surface area contributed by atoms with Crippen LogP contribution in [0.3, 0.4) is 0 Å². The van der Waals surface area contributed by atoms with Crippen LogP contribution in [0.15, 0.2) is 28.9 Å². The van der Waals surface area contributed by atoms with Gasteiger partial charge in [0.05, 0.1) is 40.1 Å². The molecule has 0 aliphatic carbocycles. The number of carbonyl (C=O) groups is 1. The number of nitrogens with one attached hydrogen (secondary N) is 1. The van der Waals surface area contributed by atoms with Crippen LogP contribution in [0.5, 0.6) is 11.5 Å². The van der Waals surface area contributed by atoms with E-state index in [1.165, 1.54) is 6.26 Å². The molecule has 1 atom stereocenters. The van der Waals surface area contributed by atoms with E-state index in [0.717, 1.165) is 75.9 Å². The lowest BCUT2D eigenvalue weighted by atomic mass is 10.1. The van der Waals surface area contributed by atoms with Gasteiger partial charge in [-0.3, -0.25) is 14.6 Å². The van der Waals surface area contributed by atoms with Crippen molar-refractivity contribution < 1.29 is 28.2 Å². The average Bonchev–Trinajstić information content (AvgIpc) is 3.59. The fraction of sp³-hybridized carbons (Fsp3) is 0.600. The monoisotopic (exact) mass is 488 g/mol. The van der Waals surface area contributed by atoms with Crippen molar-refractivity contribution in [2.24, 2.45) is 0 Å². The molecular weight excluding hydrogens is 452 g/mol. The Hall–Kier alpha value is -2.66. The van der Waals surface area contributed by atoms with Crippen molar-refractivity contribution >= 4 is 5.91 Å². The van der Waals surface area contributed by atoms with E-state index >= 15 is 0 Å². The van der Waals surface area contributed by atoms with E-state index in [1.54, 1.807) is 14.2 Å². The SMILES string of the molecule is COc1ccc(OC)c(CN(CCN2CCOCC2)Cc2nc(C(=O)NCC3CCCO3)co2)c1. The van der Waals surface area contributed by atoms with Gasteiger partial charge in [0.1, 0.15) is 17.8 Å². The summed E-state index contributed by atoms with van der Waals surface area (Å²) in [7, 11) is 3.32. The summed E-state index contributed by atoms with van der Waals surface area (Å²) in [4.78, 5) is 21.6. The molecule has 192 valence electrons. The van der Waals surface area contributed by atoms with Crippen molar-refractivity contribution in [3.05, 3.63) is 41.6 Å². The predicted molar refractivity (Wildman–Crippen MR) is 129 cm³/mol. The number of amides is 1. The zero-order chi connectivity index (χ0) is 24.5. The molecule has 2 fully saturated rings. The molecule has 1 aromatic heterocycles. The molecule has 2 aliphatic rings. The summed E-state index contributed by atoms with van der Waals surface area (Å²) in [5, 5.41) is 2.89. The van der Waals surface area contributed by atoms with Crippen molar-refractivity contribution in [1.82, 2.24) is 20.1 Å². The Balaban J connectivity index is 1.41. The minimum absolute atomic E-state index is 0.0823. The van der Waals surface area contributed by atoms with Gasteiger partial charge in [-0.1, -0.05) is 0 Å². The molecule has 2 aliphatic heterocycles. The Bertz CT molecular complexity index is 940. The Morgan fingerprint density at radius 3 is 2.80 bits per heavy atom. The first kappa shape index (κ1) is 25.4. The highest BCUT2D eigenvalue weighted by Crippen LogP contribution is 2.26. The Morgan fingerprint density at radius 1 is 1.20 bits per heavy atom. The van der Waals surface area contributed by atoms with E-state index in [-0.39, 0.29) is 17.7 Å². The number of carbonyl (C=O) groups excluding carboxylic acids is 1. The number of aromatic nitrogens is 1. The molecular formula is C25H36N4O6. The first-order chi connectivity index (χ1) is 17.1. The van der Waals surface area contributed by atoms with Gasteiger partial charge in [0.15, 0.2) is 5.69 Å². The topological polar surface area (TPSA) is 98.5 Å². The van der Waals surface area contributed by atoms with E-state index in [2.05, 4.69) is 20.1 Å². The average molecular weight is 489 g/mol. The number of oxazole rings is 1. The van der Waals surface area contributed by atoms with Crippen LogP contribution in [0.1, 0.15) is 34.8 Å². The zero-order valence-corrected chi connectivity index (χ0v) is 20.7. The minimum Gasteiger partial charge on any atom is -0.497 e. The summed E-state index contributed by atoms with van der Waals surface area (Å²) in [5.41, 5.74) is 1.29. The second-order valence-corrected chi connectivity index (χ2v) is 8.81.